The number of thioether (sulfide) groups is 1. The van der Waals surface area contributed by atoms with Crippen molar-refractivity contribution in [3.8, 4) is 17.2 Å². The lowest BCUT2D eigenvalue weighted by atomic mass is 10.2. The topological polar surface area (TPSA) is 48.2 Å². The van der Waals surface area contributed by atoms with Gasteiger partial charge in [-0.05, 0) is 52.3 Å². The highest BCUT2D eigenvalue weighted by atomic mass is 79.9. The first kappa shape index (κ1) is 15.1. The fourth-order valence-corrected chi connectivity index (χ4v) is 3.06. The quantitative estimate of drug-likeness (QED) is 0.598. The molecule has 0 saturated carbocycles. The molecule has 22 heavy (non-hydrogen) atoms. The second-order valence-corrected chi connectivity index (χ2v) is 6.35. The van der Waals surface area contributed by atoms with Gasteiger partial charge in [0.05, 0.1) is 18.4 Å². The normalized spacial score (nSPS) is 10.6. The second-order valence-electron chi connectivity index (χ2n) is 4.45. The van der Waals surface area contributed by atoms with Gasteiger partial charge in [0.1, 0.15) is 5.75 Å². The van der Waals surface area contributed by atoms with Crippen LogP contribution in [-0.4, -0.2) is 17.3 Å². The summed E-state index contributed by atoms with van der Waals surface area (Å²) in [6.07, 6.45) is 0. The molecule has 0 radical (unpaired) electrons. The van der Waals surface area contributed by atoms with Crippen LogP contribution in [0, 0.1) is 0 Å². The van der Waals surface area contributed by atoms with Crippen LogP contribution >= 0.6 is 27.7 Å². The number of nitrogens with zero attached hydrogens (tertiary/aromatic N) is 2. The summed E-state index contributed by atoms with van der Waals surface area (Å²) < 4.78 is 11.8. The van der Waals surface area contributed by atoms with Crippen molar-refractivity contribution in [3.63, 3.8) is 0 Å². The standard InChI is InChI=1S/C16H13BrN2O2S/c1-20-11-6-8-12(9-7-11)22-10-15-18-19-16(21-15)13-4-2-3-5-14(13)17/h2-9H,10H2,1H3. The molecular formula is C16H13BrN2O2S. The molecule has 6 heteroatoms. The van der Waals surface area contributed by atoms with Crippen molar-refractivity contribution in [2.75, 3.05) is 7.11 Å². The average molecular weight is 377 g/mol. The lowest BCUT2D eigenvalue weighted by molar-refractivity contribution is 0.414. The van der Waals surface area contributed by atoms with E-state index in [1.165, 1.54) is 0 Å². The number of hydrogen-bond donors (Lipinski definition) is 0. The molecule has 3 rings (SSSR count). The third kappa shape index (κ3) is 3.51. The van der Waals surface area contributed by atoms with E-state index < -0.39 is 0 Å². The van der Waals surface area contributed by atoms with Crippen LogP contribution < -0.4 is 4.74 Å². The molecule has 3 aromatic rings. The van der Waals surface area contributed by atoms with Gasteiger partial charge < -0.3 is 9.15 Å². The Morgan fingerprint density at radius 2 is 1.86 bits per heavy atom. The molecule has 1 heterocycles. The summed E-state index contributed by atoms with van der Waals surface area (Å²) in [4.78, 5) is 1.13. The maximum absolute atomic E-state index is 5.72. The Kier molecular flexibility index (Phi) is 4.80. The van der Waals surface area contributed by atoms with Crippen molar-refractivity contribution in [2.24, 2.45) is 0 Å². The van der Waals surface area contributed by atoms with Crippen LogP contribution in [0.5, 0.6) is 5.75 Å². The number of halogens is 1. The van der Waals surface area contributed by atoms with E-state index in [0.717, 1.165) is 20.7 Å². The zero-order chi connectivity index (χ0) is 15.4. The number of ether oxygens (including phenoxy) is 1. The van der Waals surface area contributed by atoms with Gasteiger partial charge in [0.25, 0.3) is 0 Å². The third-order valence-electron chi connectivity index (χ3n) is 2.99. The molecule has 0 aliphatic heterocycles. The molecule has 0 aliphatic carbocycles. The second kappa shape index (κ2) is 6.98. The number of hydrogen-bond acceptors (Lipinski definition) is 5. The van der Waals surface area contributed by atoms with Crippen molar-refractivity contribution < 1.29 is 9.15 Å². The van der Waals surface area contributed by atoms with E-state index in [1.807, 2.05) is 48.5 Å². The van der Waals surface area contributed by atoms with Crippen LogP contribution in [0.4, 0.5) is 0 Å². The van der Waals surface area contributed by atoms with Gasteiger partial charge in [0, 0.05) is 9.37 Å². The van der Waals surface area contributed by atoms with Crippen molar-refractivity contribution in [1.82, 2.24) is 10.2 Å². The van der Waals surface area contributed by atoms with Gasteiger partial charge >= 0.3 is 0 Å². The fraction of sp³-hybridized carbons (Fsp3) is 0.125. The maximum Gasteiger partial charge on any atom is 0.248 e. The SMILES string of the molecule is COc1ccc(SCc2nnc(-c3ccccc3Br)o2)cc1. The molecule has 0 aliphatic rings. The highest BCUT2D eigenvalue weighted by molar-refractivity contribution is 9.10. The summed E-state index contributed by atoms with van der Waals surface area (Å²) >= 11 is 5.13. The minimum absolute atomic E-state index is 0.526. The van der Waals surface area contributed by atoms with Gasteiger partial charge in [-0.1, -0.05) is 12.1 Å². The Morgan fingerprint density at radius 3 is 2.59 bits per heavy atom. The van der Waals surface area contributed by atoms with E-state index in [2.05, 4.69) is 26.1 Å². The number of rotatable bonds is 5. The van der Waals surface area contributed by atoms with Gasteiger partial charge in [0.2, 0.25) is 11.8 Å². The largest absolute Gasteiger partial charge is 0.497 e. The first-order chi connectivity index (χ1) is 10.8. The summed E-state index contributed by atoms with van der Waals surface area (Å²) in [6.45, 7) is 0. The lowest BCUT2D eigenvalue weighted by Crippen LogP contribution is -1.83. The van der Waals surface area contributed by atoms with Crippen LogP contribution in [0.3, 0.4) is 0 Å². The summed E-state index contributed by atoms with van der Waals surface area (Å²) in [5, 5.41) is 8.21. The molecule has 0 fully saturated rings. The first-order valence-corrected chi connectivity index (χ1v) is 8.38. The number of benzene rings is 2. The van der Waals surface area contributed by atoms with Crippen LogP contribution in [0.15, 0.2) is 62.3 Å². The molecule has 0 unspecified atom stereocenters. The summed E-state index contributed by atoms with van der Waals surface area (Å²) in [7, 11) is 1.66. The monoisotopic (exact) mass is 376 g/mol. The van der Waals surface area contributed by atoms with Crippen LogP contribution in [0.1, 0.15) is 5.89 Å². The van der Waals surface area contributed by atoms with Gasteiger partial charge in [-0.15, -0.1) is 22.0 Å². The van der Waals surface area contributed by atoms with E-state index in [-0.39, 0.29) is 0 Å². The summed E-state index contributed by atoms with van der Waals surface area (Å²) in [6, 6.07) is 15.7. The van der Waals surface area contributed by atoms with E-state index >= 15 is 0 Å². The molecular weight excluding hydrogens is 364 g/mol. The first-order valence-electron chi connectivity index (χ1n) is 6.60. The molecule has 112 valence electrons. The zero-order valence-electron chi connectivity index (χ0n) is 11.8. The third-order valence-corrected chi connectivity index (χ3v) is 4.68. The van der Waals surface area contributed by atoms with E-state index in [0.29, 0.717) is 17.5 Å². The van der Waals surface area contributed by atoms with Crippen molar-refractivity contribution in [3.05, 3.63) is 58.9 Å². The molecule has 0 spiro atoms. The van der Waals surface area contributed by atoms with Gasteiger partial charge in [-0.25, -0.2) is 0 Å². The zero-order valence-corrected chi connectivity index (χ0v) is 14.2. The summed E-state index contributed by atoms with van der Waals surface area (Å²) in [5.41, 5.74) is 0.899. The Morgan fingerprint density at radius 1 is 1.09 bits per heavy atom. The lowest BCUT2D eigenvalue weighted by Gasteiger charge is -2.01. The van der Waals surface area contributed by atoms with E-state index in [4.69, 9.17) is 9.15 Å². The fourth-order valence-electron chi connectivity index (χ4n) is 1.87. The minimum atomic E-state index is 0.526. The van der Waals surface area contributed by atoms with Crippen LogP contribution in [0.2, 0.25) is 0 Å². The predicted molar refractivity (Wildman–Crippen MR) is 90.0 cm³/mol. The molecule has 0 amide bonds. The molecule has 0 atom stereocenters. The molecule has 1 aromatic heterocycles. The van der Waals surface area contributed by atoms with Crippen molar-refractivity contribution in [2.45, 2.75) is 10.6 Å². The van der Waals surface area contributed by atoms with Gasteiger partial charge in [0.15, 0.2) is 0 Å². The molecule has 4 nitrogen and oxygen atoms in total. The predicted octanol–water partition coefficient (Wildman–Crippen LogP) is 4.80. The Bertz CT molecular complexity index is 759. The highest BCUT2D eigenvalue weighted by Gasteiger charge is 2.11. The van der Waals surface area contributed by atoms with E-state index in [9.17, 15) is 0 Å². The maximum atomic E-state index is 5.72. The van der Waals surface area contributed by atoms with Crippen LogP contribution in [-0.2, 0) is 5.75 Å². The molecule has 2 aromatic carbocycles. The smallest absolute Gasteiger partial charge is 0.248 e. The number of aromatic nitrogens is 2. The Balaban J connectivity index is 1.68. The van der Waals surface area contributed by atoms with Gasteiger partial charge in [-0.3, -0.25) is 0 Å². The molecule has 0 N–H and O–H groups in total. The molecule has 0 bridgehead atoms. The summed E-state index contributed by atoms with van der Waals surface area (Å²) in [5.74, 6) is 2.60. The average Bonchev–Trinajstić information content (AvgIpc) is 3.02. The highest BCUT2D eigenvalue weighted by Crippen LogP contribution is 2.29. The van der Waals surface area contributed by atoms with Crippen LogP contribution in [0.25, 0.3) is 11.5 Å². The molecule has 0 saturated heterocycles. The van der Waals surface area contributed by atoms with Crippen molar-refractivity contribution >= 4 is 27.7 Å². The Labute approximate surface area is 141 Å². The minimum Gasteiger partial charge on any atom is -0.497 e. The van der Waals surface area contributed by atoms with Gasteiger partial charge in [-0.2, -0.15) is 0 Å². The Hall–Kier alpha value is -1.79. The van der Waals surface area contributed by atoms with Crippen molar-refractivity contribution in [1.29, 1.82) is 0 Å². The van der Waals surface area contributed by atoms with E-state index in [1.54, 1.807) is 18.9 Å². The number of methoxy groups -OCH3 is 1.